The van der Waals surface area contributed by atoms with Crippen molar-refractivity contribution >= 4 is 11.8 Å². The molecule has 1 aliphatic rings. The van der Waals surface area contributed by atoms with Crippen LogP contribution >= 0.6 is 11.8 Å². The van der Waals surface area contributed by atoms with Gasteiger partial charge in [-0.1, -0.05) is 25.0 Å². The van der Waals surface area contributed by atoms with Crippen LogP contribution in [0.4, 0.5) is 0 Å². The van der Waals surface area contributed by atoms with Gasteiger partial charge >= 0.3 is 0 Å². The van der Waals surface area contributed by atoms with Crippen LogP contribution in [0.2, 0.25) is 0 Å². The van der Waals surface area contributed by atoms with Gasteiger partial charge in [-0.3, -0.25) is 0 Å². The minimum Gasteiger partial charge on any atom is -0.493 e. The zero-order valence-corrected chi connectivity index (χ0v) is 11.4. The zero-order chi connectivity index (χ0) is 12.6. The zero-order valence-electron chi connectivity index (χ0n) is 10.6. The number of ether oxygens (including phenoxy) is 1. The summed E-state index contributed by atoms with van der Waals surface area (Å²) in [5.74, 6) is 1.98. The Kier molecular flexibility index (Phi) is 5.41. The van der Waals surface area contributed by atoms with Gasteiger partial charge < -0.3 is 4.74 Å². The first-order valence-electron chi connectivity index (χ1n) is 6.59. The fourth-order valence-corrected chi connectivity index (χ4v) is 3.40. The monoisotopic (exact) mass is 261 g/mol. The summed E-state index contributed by atoms with van der Waals surface area (Å²) in [4.78, 5) is 0. The minimum absolute atomic E-state index is 0.470. The van der Waals surface area contributed by atoms with E-state index in [0.29, 0.717) is 6.42 Å². The third kappa shape index (κ3) is 4.27. The van der Waals surface area contributed by atoms with Gasteiger partial charge in [-0.05, 0) is 30.5 Å². The second-order valence-electron chi connectivity index (χ2n) is 4.60. The highest BCUT2D eigenvalue weighted by Crippen LogP contribution is 2.29. The number of nitriles is 1. The Morgan fingerprint density at radius 1 is 1.22 bits per heavy atom. The lowest BCUT2D eigenvalue weighted by Crippen LogP contribution is -2.04. The smallest absolute Gasteiger partial charge is 0.119 e. The third-order valence-corrected chi connectivity index (χ3v) is 4.56. The molecule has 2 nitrogen and oxygen atoms in total. The van der Waals surface area contributed by atoms with Crippen molar-refractivity contribution in [3.63, 3.8) is 0 Å². The molecule has 0 atom stereocenters. The van der Waals surface area contributed by atoms with Crippen molar-refractivity contribution in [3.05, 3.63) is 29.8 Å². The van der Waals surface area contributed by atoms with Crippen LogP contribution in [0, 0.1) is 11.3 Å². The van der Waals surface area contributed by atoms with Gasteiger partial charge in [-0.2, -0.15) is 17.0 Å². The number of rotatable bonds is 6. The molecule has 18 heavy (non-hydrogen) atoms. The maximum absolute atomic E-state index is 8.58. The highest BCUT2D eigenvalue weighted by atomic mass is 32.2. The van der Waals surface area contributed by atoms with Crippen LogP contribution in [0.5, 0.6) is 5.75 Å². The predicted octanol–water partition coefficient (Wildman–Crippen LogP) is 3.81. The fraction of sp³-hybridized carbons (Fsp3) is 0.533. The maximum Gasteiger partial charge on any atom is 0.119 e. The van der Waals surface area contributed by atoms with Gasteiger partial charge in [0, 0.05) is 11.0 Å². The summed E-state index contributed by atoms with van der Waals surface area (Å²) < 4.78 is 5.70. The van der Waals surface area contributed by atoms with E-state index in [-0.39, 0.29) is 0 Å². The Labute approximate surface area is 113 Å². The summed E-state index contributed by atoms with van der Waals surface area (Å²) in [6.45, 7) is 0.777. The molecule has 0 amide bonds. The van der Waals surface area contributed by atoms with Gasteiger partial charge in [0.1, 0.15) is 5.75 Å². The molecule has 0 bridgehead atoms. The minimum atomic E-state index is 0.470. The van der Waals surface area contributed by atoms with Crippen molar-refractivity contribution in [3.8, 4) is 11.8 Å². The number of hydrogen-bond donors (Lipinski definition) is 0. The Bertz CT molecular complexity index is 390. The van der Waals surface area contributed by atoms with Crippen LogP contribution in [0.1, 0.15) is 31.2 Å². The third-order valence-electron chi connectivity index (χ3n) is 3.21. The molecule has 3 heteroatoms. The molecule has 1 aromatic rings. The molecule has 0 saturated heterocycles. The molecule has 1 aliphatic carbocycles. The van der Waals surface area contributed by atoms with E-state index in [9.17, 15) is 0 Å². The Balaban J connectivity index is 1.65. The van der Waals surface area contributed by atoms with E-state index in [4.69, 9.17) is 10.00 Å². The SMILES string of the molecule is N#CCc1ccc(OCCSC2CCCC2)cc1. The standard InChI is InChI=1S/C15H19NOS/c16-10-9-13-5-7-14(8-6-13)17-11-12-18-15-3-1-2-4-15/h5-8,15H,1-4,9,11-12H2. The molecule has 96 valence electrons. The van der Waals surface area contributed by atoms with Crippen LogP contribution in [-0.2, 0) is 6.42 Å². The fourth-order valence-electron chi connectivity index (χ4n) is 2.22. The highest BCUT2D eigenvalue weighted by molar-refractivity contribution is 7.99. The van der Waals surface area contributed by atoms with Gasteiger partial charge in [-0.15, -0.1) is 0 Å². The van der Waals surface area contributed by atoms with Gasteiger partial charge in [0.15, 0.2) is 0 Å². The molecule has 0 heterocycles. The molecular weight excluding hydrogens is 242 g/mol. The average molecular weight is 261 g/mol. The van der Waals surface area contributed by atoms with E-state index >= 15 is 0 Å². The molecule has 0 radical (unpaired) electrons. The van der Waals surface area contributed by atoms with E-state index in [1.165, 1.54) is 25.7 Å². The summed E-state index contributed by atoms with van der Waals surface area (Å²) in [6.07, 6.45) is 6.04. The highest BCUT2D eigenvalue weighted by Gasteiger charge is 2.14. The lowest BCUT2D eigenvalue weighted by molar-refractivity contribution is 0.343. The normalized spacial score (nSPS) is 15.5. The molecule has 0 unspecified atom stereocenters. The van der Waals surface area contributed by atoms with Crippen molar-refractivity contribution in [1.82, 2.24) is 0 Å². The predicted molar refractivity (Wildman–Crippen MR) is 76.0 cm³/mol. The number of hydrogen-bond acceptors (Lipinski definition) is 3. The molecular formula is C15H19NOS. The Morgan fingerprint density at radius 2 is 1.94 bits per heavy atom. The lowest BCUT2D eigenvalue weighted by Gasteiger charge is -2.10. The molecule has 0 aliphatic heterocycles. The van der Waals surface area contributed by atoms with E-state index < -0.39 is 0 Å². The molecule has 1 aromatic carbocycles. The van der Waals surface area contributed by atoms with Crippen LogP contribution < -0.4 is 4.74 Å². The summed E-state index contributed by atoms with van der Waals surface area (Å²) in [5, 5.41) is 9.45. The lowest BCUT2D eigenvalue weighted by atomic mass is 10.2. The van der Waals surface area contributed by atoms with Crippen molar-refractivity contribution in [1.29, 1.82) is 5.26 Å². The van der Waals surface area contributed by atoms with Gasteiger partial charge in [0.25, 0.3) is 0 Å². The first-order valence-corrected chi connectivity index (χ1v) is 7.63. The van der Waals surface area contributed by atoms with Crippen LogP contribution in [0.3, 0.4) is 0 Å². The van der Waals surface area contributed by atoms with Gasteiger partial charge in [0.05, 0.1) is 19.1 Å². The number of thioether (sulfide) groups is 1. The summed E-state index contributed by atoms with van der Waals surface area (Å²) in [7, 11) is 0. The first-order chi connectivity index (χ1) is 8.88. The number of benzene rings is 1. The molecule has 0 aromatic heterocycles. The second kappa shape index (κ2) is 7.33. The summed E-state index contributed by atoms with van der Waals surface area (Å²) >= 11 is 2.05. The summed E-state index contributed by atoms with van der Waals surface area (Å²) in [6, 6.07) is 9.97. The Morgan fingerprint density at radius 3 is 2.61 bits per heavy atom. The molecule has 0 N–H and O–H groups in total. The summed E-state index contributed by atoms with van der Waals surface area (Å²) in [5.41, 5.74) is 1.05. The molecule has 1 fully saturated rings. The second-order valence-corrected chi connectivity index (χ2v) is 6.01. The quantitative estimate of drug-likeness (QED) is 0.730. The van der Waals surface area contributed by atoms with Gasteiger partial charge in [-0.25, -0.2) is 0 Å². The van der Waals surface area contributed by atoms with E-state index in [1.807, 2.05) is 36.0 Å². The largest absolute Gasteiger partial charge is 0.493 e. The average Bonchev–Trinajstić information content (AvgIpc) is 2.90. The number of nitrogens with zero attached hydrogens (tertiary/aromatic N) is 1. The van der Waals surface area contributed by atoms with E-state index in [1.54, 1.807) is 0 Å². The Hall–Kier alpha value is -1.14. The van der Waals surface area contributed by atoms with Crippen LogP contribution in [0.15, 0.2) is 24.3 Å². The maximum atomic E-state index is 8.58. The van der Waals surface area contributed by atoms with Crippen LogP contribution in [0.25, 0.3) is 0 Å². The molecule has 2 rings (SSSR count). The first kappa shape index (κ1) is 13.3. The van der Waals surface area contributed by atoms with Crippen LogP contribution in [-0.4, -0.2) is 17.6 Å². The van der Waals surface area contributed by atoms with E-state index in [2.05, 4.69) is 6.07 Å². The molecule has 0 spiro atoms. The molecule has 1 saturated carbocycles. The van der Waals surface area contributed by atoms with Crippen molar-refractivity contribution in [2.45, 2.75) is 37.4 Å². The van der Waals surface area contributed by atoms with Crippen molar-refractivity contribution < 1.29 is 4.74 Å². The topological polar surface area (TPSA) is 33.0 Å². The van der Waals surface area contributed by atoms with Gasteiger partial charge in [0.2, 0.25) is 0 Å². The van der Waals surface area contributed by atoms with Crippen molar-refractivity contribution in [2.75, 3.05) is 12.4 Å². The van der Waals surface area contributed by atoms with E-state index in [0.717, 1.165) is 28.9 Å². The van der Waals surface area contributed by atoms with Crippen molar-refractivity contribution in [2.24, 2.45) is 0 Å².